The van der Waals surface area contributed by atoms with Crippen molar-refractivity contribution in [2.24, 2.45) is 21.7 Å². The van der Waals surface area contributed by atoms with Crippen molar-refractivity contribution in [1.29, 1.82) is 0 Å². The van der Waals surface area contributed by atoms with Crippen molar-refractivity contribution < 1.29 is 0 Å². The zero-order chi connectivity index (χ0) is 15.7. The highest BCUT2D eigenvalue weighted by atomic mass is 127. The minimum absolute atomic E-state index is 0.0397. The molecule has 0 saturated heterocycles. The Balaban J connectivity index is 5.46. The zero-order valence-electron chi connectivity index (χ0n) is 14.5. The summed E-state index contributed by atoms with van der Waals surface area (Å²) >= 11 is 2.47. The van der Waals surface area contributed by atoms with Crippen LogP contribution in [0.15, 0.2) is 9.66 Å². The van der Waals surface area contributed by atoms with Crippen LogP contribution in [0.4, 0.5) is 0 Å². The Morgan fingerprint density at radius 2 is 1.21 bits per heavy atom. The van der Waals surface area contributed by atoms with Crippen LogP contribution in [0.1, 0.15) is 69.2 Å². The smallest absolute Gasteiger partial charge is 0.0344 e. The van der Waals surface area contributed by atoms with E-state index in [-0.39, 0.29) is 21.7 Å². The summed E-state index contributed by atoms with van der Waals surface area (Å²) in [6.45, 7) is 22.3. The summed E-state index contributed by atoms with van der Waals surface area (Å²) < 4.78 is 1.40. The van der Waals surface area contributed by atoms with E-state index in [1.807, 2.05) is 0 Å². The molecule has 0 aromatic rings. The first-order valence-electron chi connectivity index (χ1n) is 7.02. The summed E-state index contributed by atoms with van der Waals surface area (Å²) in [6.07, 6.45) is 2.39. The Morgan fingerprint density at radius 3 is 1.53 bits per heavy atom. The molecule has 0 atom stereocenters. The third kappa shape index (κ3) is 6.34. The lowest BCUT2D eigenvalue weighted by Gasteiger charge is -2.37. The largest absolute Gasteiger partial charge is 0.0968 e. The van der Waals surface area contributed by atoms with Gasteiger partial charge in [0.1, 0.15) is 0 Å². The van der Waals surface area contributed by atoms with Gasteiger partial charge in [-0.1, -0.05) is 52.5 Å². The molecule has 110 valence electrons. The fourth-order valence-corrected chi connectivity index (χ4v) is 2.00. The van der Waals surface area contributed by atoms with Crippen molar-refractivity contribution in [3.8, 4) is 11.8 Å². The third-order valence-electron chi connectivity index (χ3n) is 3.56. The van der Waals surface area contributed by atoms with Crippen molar-refractivity contribution in [2.45, 2.75) is 69.2 Å². The van der Waals surface area contributed by atoms with Crippen LogP contribution in [-0.4, -0.2) is 0 Å². The molecule has 1 heteroatoms. The molecule has 19 heavy (non-hydrogen) atoms. The fourth-order valence-electron chi connectivity index (χ4n) is 1.22. The highest BCUT2D eigenvalue weighted by Gasteiger charge is 2.35. The Hall–Kier alpha value is 0.0300. The van der Waals surface area contributed by atoms with Gasteiger partial charge in [0.15, 0.2) is 0 Å². The van der Waals surface area contributed by atoms with Gasteiger partial charge in [0.25, 0.3) is 0 Å². The van der Waals surface area contributed by atoms with Crippen molar-refractivity contribution in [3.05, 3.63) is 9.66 Å². The molecule has 0 bridgehead atoms. The standard InChI is InChI=1S/C18H31I/c1-15(2,3)11-12-17(7,8)18(9,10)13-14(19)16(4,5)6/h13H,1-10H3/b14-13-. The summed E-state index contributed by atoms with van der Waals surface area (Å²) in [5, 5.41) is 0. The predicted molar refractivity (Wildman–Crippen MR) is 96.4 cm³/mol. The van der Waals surface area contributed by atoms with Gasteiger partial charge in [0.2, 0.25) is 0 Å². The minimum Gasteiger partial charge on any atom is -0.0968 e. The monoisotopic (exact) mass is 374 g/mol. The molecule has 0 radical (unpaired) electrons. The van der Waals surface area contributed by atoms with Gasteiger partial charge in [-0.15, -0.1) is 0 Å². The van der Waals surface area contributed by atoms with Crippen molar-refractivity contribution >= 4 is 22.6 Å². The van der Waals surface area contributed by atoms with Crippen LogP contribution in [0.25, 0.3) is 0 Å². The first kappa shape index (κ1) is 19.0. The van der Waals surface area contributed by atoms with Crippen molar-refractivity contribution in [1.82, 2.24) is 0 Å². The van der Waals surface area contributed by atoms with E-state index in [2.05, 4.69) is 110 Å². The van der Waals surface area contributed by atoms with Crippen molar-refractivity contribution in [2.75, 3.05) is 0 Å². The molecule has 0 aliphatic heterocycles. The van der Waals surface area contributed by atoms with Gasteiger partial charge < -0.3 is 0 Å². The van der Waals surface area contributed by atoms with Gasteiger partial charge in [-0.2, -0.15) is 0 Å². The zero-order valence-corrected chi connectivity index (χ0v) is 16.6. The van der Waals surface area contributed by atoms with E-state index in [9.17, 15) is 0 Å². The molecule has 0 spiro atoms. The van der Waals surface area contributed by atoms with Crippen LogP contribution < -0.4 is 0 Å². The molecule has 0 aliphatic carbocycles. The fraction of sp³-hybridized carbons (Fsp3) is 0.778. The van der Waals surface area contributed by atoms with E-state index in [1.165, 1.54) is 3.58 Å². The maximum Gasteiger partial charge on any atom is 0.0344 e. The molecule has 0 N–H and O–H groups in total. The molecule has 0 unspecified atom stereocenters. The van der Waals surface area contributed by atoms with Crippen LogP contribution in [0.2, 0.25) is 0 Å². The molecule has 0 heterocycles. The lowest BCUT2D eigenvalue weighted by Crippen LogP contribution is -2.30. The van der Waals surface area contributed by atoms with Gasteiger partial charge in [-0.25, -0.2) is 0 Å². The van der Waals surface area contributed by atoms with Gasteiger partial charge in [-0.3, -0.25) is 0 Å². The van der Waals surface area contributed by atoms with Crippen LogP contribution in [0, 0.1) is 33.5 Å². The molecular weight excluding hydrogens is 343 g/mol. The number of hydrogen-bond donors (Lipinski definition) is 0. The van der Waals surface area contributed by atoms with E-state index in [0.29, 0.717) is 0 Å². The van der Waals surface area contributed by atoms with E-state index >= 15 is 0 Å². The summed E-state index contributed by atoms with van der Waals surface area (Å²) in [5.41, 5.74) is 0.288. The molecule has 0 aliphatic rings. The first-order chi connectivity index (χ1) is 8.08. The summed E-state index contributed by atoms with van der Waals surface area (Å²) in [5.74, 6) is 6.90. The Morgan fingerprint density at radius 1 is 0.789 bits per heavy atom. The Kier molecular flexibility index (Phi) is 5.81. The third-order valence-corrected chi connectivity index (χ3v) is 5.49. The molecule has 0 saturated carbocycles. The second-order valence-corrected chi connectivity index (χ2v) is 9.75. The van der Waals surface area contributed by atoms with Gasteiger partial charge in [-0.05, 0) is 71.6 Å². The Labute approximate surface area is 135 Å². The Bertz CT molecular complexity index is 398. The van der Waals surface area contributed by atoms with Crippen LogP contribution in [0.5, 0.6) is 0 Å². The molecular formula is C18H31I. The summed E-state index contributed by atoms with van der Waals surface area (Å²) in [6, 6.07) is 0. The lowest BCUT2D eigenvalue weighted by molar-refractivity contribution is 0.242. The number of rotatable bonds is 2. The van der Waals surface area contributed by atoms with E-state index in [0.717, 1.165) is 0 Å². The second kappa shape index (κ2) is 5.80. The van der Waals surface area contributed by atoms with Crippen molar-refractivity contribution in [3.63, 3.8) is 0 Å². The number of allylic oxidation sites excluding steroid dienone is 2. The van der Waals surface area contributed by atoms with Crippen LogP contribution >= 0.6 is 22.6 Å². The maximum atomic E-state index is 3.50. The van der Waals surface area contributed by atoms with Gasteiger partial charge >= 0.3 is 0 Å². The van der Waals surface area contributed by atoms with E-state index in [4.69, 9.17) is 0 Å². The van der Waals surface area contributed by atoms with Crippen LogP contribution in [0.3, 0.4) is 0 Å². The van der Waals surface area contributed by atoms with Crippen LogP contribution in [-0.2, 0) is 0 Å². The predicted octanol–water partition coefficient (Wildman–Crippen LogP) is 6.45. The highest BCUT2D eigenvalue weighted by Crippen LogP contribution is 2.44. The molecule has 0 aromatic heterocycles. The average Bonchev–Trinajstić information content (AvgIpc) is 2.11. The van der Waals surface area contributed by atoms with Gasteiger partial charge in [0, 0.05) is 10.8 Å². The second-order valence-electron chi connectivity index (χ2n) is 8.59. The highest BCUT2D eigenvalue weighted by molar-refractivity contribution is 14.1. The average molecular weight is 374 g/mol. The normalized spacial score (nSPS) is 15.0. The summed E-state index contributed by atoms with van der Waals surface area (Å²) in [4.78, 5) is 0. The topological polar surface area (TPSA) is 0 Å². The molecule has 0 nitrogen and oxygen atoms in total. The molecule has 0 aromatic carbocycles. The first-order valence-corrected chi connectivity index (χ1v) is 8.10. The molecule has 0 rings (SSSR count). The molecule has 0 fully saturated rings. The lowest BCUT2D eigenvalue weighted by atomic mass is 9.67. The number of hydrogen-bond acceptors (Lipinski definition) is 0. The quantitative estimate of drug-likeness (QED) is 0.385. The SMILES string of the molecule is CC(C)(C)C#CC(C)(C)C(C)(C)/C=C(\I)C(C)(C)C. The maximum absolute atomic E-state index is 3.50. The van der Waals surface area contributed by atoms with E-state index < -0.39 is 0 Å². The number of halogens is 1. The van der Waals surface area contributed by atoms with E-state index in [1.54, 1.807) is 0 Å². The molecule has 0 amide bonds. The minimum atomic E-state index is -0.0397. The van der Waals surface area contributed by atoms with Gasteiger partial charge in [0.05, 0.1) is 0 Å². The summed E-state index contributed by atoms with van der Waals surface area (Å²) in [7, 11) is 0.